The Labute approximate surface area is 126 Å². The van der Waals surface area contributed by atoms with Crippen LogP contribution in [0.25, 0.3) is 0 Å². The van der Waals surface area contributed by atoms with Crippen LogP contribution in [0.3, 0.4) is 0 Å². The molecule has 1 amide bonds. The predicted molar refractivity (Wildman–Crippen MR) is 89.1 cm³/mol. The Balaban J connectivity index is 2.16. The zero-order chi connectivity index (χ0) is 15.2. The van der Waals surface area contributed by atoms with E-state index in [0.717, 1.165) is 24.3 Å². The lowest BCUT2D eigenvalue weighted by atomic mass is 10.1. The number of hydrogen-bond acceptors (Lipinski definition) is 2. The molecule has 0 aromatic heterocycles. The van der Waals surface area contributed by atoms with Crippen LogP contribution in [0.1, 0.15) is 29.8 Å². The Kier molecular flexibility index (Phi) is 4.99. The van der Waals surface area contributed by atoms with E-state index < -0.39 is 0 Å². The van der Waals surface area contributed by atoms with Crippen molar-refractivity contribution in [2.75, 3.05) is 23.3 Å². The van der Waals surface area contributed by atoms with Gasteiger partial charge in [0, 0.05) is 30.0 Å². The van der Waals surface area contributed by atoms with E-state index in [0.29, 0.717) is 5.56 Å². The van der Waals surface area contributed by atoms with Crippen molar-refractivity contribution in [3.63, 3.8) is 0 Å². The number of rotatable bonds is 5. The number of amides is 1. The molecule has 0 fully saturated rings. The van der Waals surface area contributed by atoms with Crippen molar-refractivity contribution in [1.29, 1.82) is 0 Å². The van der Waals surface area contributed by atoms with Crippen molar-refractivity contribution in [2.24, 2.45) is 0 Å². The summed E-state index contributed by atoms with van der Waals surface area (Å²) in [5.74, 6) is -0.0747. The summed E-state index contributed by atoms with van der Waals surface area (Å²) < 4.78 is 0. The van der Waals surface area contributed by atoms with Gasteiger partial charge in [0.15, 0.2) is 0 Å². The Bertz CT molecular complexity index is 604. The second kappa shape index (κ2) is 6.93. The molecule has 0 aliphatic carbocycles. The number of carbonyl (C=O) groups excluding carboxylic acids is 1. The molecular formula is C18H22N2O. The molecule has 2 aromatic rings. The fraction of sp³-hybridized carbons (Fsp3) is 0.278. The molecule has 0 unspecified atom stereocenters. The van der Waals surface area contributed by atoms with E-state index in [9.17, 15) is 4.79 Å². The van der Waals surface area contributed by atoms with Crippen LogP contribution < -0.4 is 10.2 Å². The fourth-order valence-corrected chi connectivity index (χ4v) is 2.36. The molecule has 0 aliphatic rings. The number of benzene rings is 2. The van der Waals surface area contributed by atoms with Gasteiger partial charge in [-0.2, -0.15) is 0 Å². The highest BCUT2D eigenvalue weighted by Crippen LogP contribution is 2.23. The topological polar surface area (TPSA) is 32.3 Å². The van der Waals surface area contributed by atoms with Crippen molar-refractivity contribution in [2.45, 2.75) is 20.8 Å². The third-order valence-electron chi connectivity index (χ3n) is 3.62. The van der Waals surface area contributed by atoms with Gasteiger partial charge >= 0.3 is 0 Å². The van der Waals surface area contributed by atoms with E-state index in [1.165, 1.54) is 5.69 Å². The molecule has 21 heavy (non-hydrogen) atoms. The molecule has 0 bridgehead atoms. The van der Waals surface area contributed by atoms with E-state index in [1.54, 1.807) is 0 Å². The van der Waals surface area contributed by atoms with E-state index in [-0.39, 0.29) is 5.91 Å². The molecule has 2 rings (SSSR count). The first kappa shape index (κ1) is 15.1. The fourth-order valence-electron chi connectivity index (χ4n) is 2.36. The van der Waals surface area contributed by atoms with Gasteiger partial charge in [0.25, 0.3) is 5.91 Å². The van der Waals surface area contributed by atoms with Crippen LogP contribution in [0.5, 0.6) is 0 Å². The van der Waals surface area contributed by atoms with E-state index >= 15 is 0 Å². The number of nitrogens with one attached hydrogen (secondary N) is 1. The maximum Gasteiger partial charge on any atom is 0.255 e. The molecule has 110 valence electrons. The van der Waals surface area contributed by atoms with Crippen molar-refractivity contribution in [1.82, 2.24) is 0 Å². The Morgan fingerprint density at radius 1 is 1.05 bits per heavy atom. The monoisotopic (exact) mass is 282 g/mol. The minimum absolute atomic E-state index is 0.0747. The summed E-state index contributed by atoms with van der Waals surface area (Å²) >= 11 is 0. The summed E-state index contributed by atoms with van der Waals surface area (Å²) in [5.41, 5.74) is 3.79. The smallest absolute Gasteiger partial charge is 0.255 e. The predicted octanol–water partition coefficient (Wildman–Crippen LogP) is 4.09. The highest BCUT2D eigenvalue weighted by atomic mass is 16.1. The minimum Gasteiger partial charge on any atom is -0.372 e. The van der Waals surface area contributed by atoms with Gasteiger partial charge in [-0.3, -0.25) is 4.79 Å². The summed E-state index contributed by atoms with van der Waals surface area (Å²) in [6.07, 6.45) is 0. The Morgan fingerprint density at radius 3 is 2.29 bits per heavy atom. The van der Waals surface area contributed by atoms with Crippen molar-refractivity contribution in [3.8, 4) is 0 Å². The van der Waals surface area contributed by atoms with Gasteiger partial charge in [-0.05, 0) is 56.7 Å². The average molecular weight is 282 g/mol. The van der Waals surface area contributed by atoms with Gasteiger partial charge in [-0.25, -0.2) is 0 Å². The SMILES string of the molecule is CCN(CC)c1ccc(NC(=O)c2ccccc2)c(C)c1. The molecule has 3 heteroatoms. The van der Waals surface area contributed by atoms with Crippen molar-refractivity contribution >= 4 is 17.3 Å². The van der Waals surface area contributed by atoms with Crippen LogP contribution in [0, 0.1) is 6.92 Å². The maximum absolute atomic E-state index is 12.2. The van der Waals surface area contributed by atoms with Gasteiger partial charge in [0.05, 0.1) is 0 Å². The van der Waals surface area contributed by atoms with Crippen LogP contribution in [0.4, 0.5) is 11.4 Å². The lowest BCUT2D eigenvalue weighted by molar-refractivity contribution is 0.102. The molecule has 2 aromatic carbocycles. The van der Waals surface area contributed by atoms with Gasteiger partial charge in [-0.15, -0.1) is 0 Å². The average Bonchev–Trinajstić information content (AvgIpc) is 2.52. The third kappa shape index (κ3) is 3.63. The number of anilines is 2. The molecule has 0 heterocycles. The zero-order valence-corrected chi connectivity index (χ0v) is 12.9. The third-order valence-corrected chi connectivity index (χ3v) is 3.62. The van der Waals surface area contributed by atoms with Gasteiger partial charge in [0.2, 0.25) is 0 Å². The number of nitrogens with zero attached hydrogens (tertiary/aromatic N) is 1. The first-order chi connectivity index (χ1) is 10.2. The van der Waals surface area contributed by atoms with Crippen LogP contribution >= 0.6 is 0 Å². The van der Waals surface area contributed by atoms with Crippen LogP contribution in [-0.4, -0.2) is 19.0 Å². The summed E-state index contributed by atoms with van der Waals surface area (Å²) in [4.78, 5) is 14.5. The normalized spacial score (nSPS) is 10.2. The molecule has 0 saturated heterocycles. The summed E-state index contributed by atoms with van der Waals surface area (Å²) in [7, 11) is 0. The molecule has 1 N–H and O–H groups in total. The molecular weight excluding hydrogens is 260 g/mol. The second-order valence-corrected chi connectivity index (χ2v) is 4.99. The first-order valence-electron chi connectivity index (χ1n) is 7.37. The molecule has 0 aliphatic heterocycles. The summed E-state index contributed by atoms with van der Waals surface area (Å²) in [5, 5.41) is 2.97. The van der Waals surface area contributed by atoms with Gasteiger partial charge < -0.3 is 10.2 Å². The Morgan fingerprint density at radius 2 is 1.71 bits per heavy atom. The highest BCUT2D eigenvalue weighted by molar-refractivity contribution is 6.04. The van der Waals surface area contributed by atoms with Gasteiger partial charge in [0.1, 0.15) is 0 Å². The van der Waals surface area contributed by atoms with E-state index in [4.69, 9.17) is 0 Å². The maximum atomic E-state index is 12.2. The lowest BCUT2D eigenvalue weighted by Crippen LogP contribution is -2.22. The molecule has 0 spiro atoms. The van der Waals surface area contributed by atoms with Gasteiger partial charge in [-0.1, -0.05) is 18.2 Å². The summed E-state index contributed by atoms with van der Waals surface area (Å²) in [6, 6.07) is 15.4. The second-order valence-electron chi connectivity index (χ2n) is 4.99. The quantitative estimate of drug-likeness (QED) is 0.895. The number of carbonyl (C=O) groups is 1. The molecule has 0 radical (unpaired) electrons. The first-order valence-corrected chi connectivity index (χ1v) is 7.37. The standard InChI is InChI=1S/C18H22N2O/c1-4-20(5-2)16-11-12-17(14(3)13-16)19-18(21)15-9-7-6-8-10-15/h6-13H,4-5H2,1-3H3,(H,19,21). The zero-order valence-electron chi connectivity index (χ0n) is 12.9. The van der Waals surface area contributed by atoms with E-state index in [1.807, 2.05) is 43.3 Å². The number of aryl methyl sites for hydroxylation is 1. The molecule has 0 saturated carbocycles. The van der Waals surface area contributed by atoms with Crippen molar-refractivity contribution < 1.29 is 4.79 Å². The number of hydrogen-bond donors (Lipinski definition) is 1. The molecule has 0 atom stereocenters. The van der Waals surface area contributed by atoms with Crippen LogP contribution in [0.2, 0.25) is 0 Å². The van der Waals surface area contributed by atoms with Crippen LogP contribution in [0.15, 0.2) is 48.5 Å². The molecule has 3 nitrogen and oxygen atoms in total. The lowest BCUT2D eigenvalue weighted by Gasteiger charge is -2.22. The minimum atomic E-state index is -0.0747. The summed E-state index contributed by atoms with van der Waals surface area (Å²) in [6.45, 7) is 8.26. The Hall–Kier alpha value is -2.29. The van der Waals surface area contributed by atoms with Crippen LogP contribution in [-0.2, 0) is 0 Å². The van der Waals surface area contributed by atoms with E-state index in [2.05, 4.69) is 36.2 Å². The largest absolute Gasteiger partial charge is 0.372 e. The highest BCUT2D eigenvalue weighted by Gasteiger charge is 2.09. The van der Waals surface area contributed by atoms with Crippen molar-refractivity contribution in [3.05, 3.63) is 59.7 Å².